The molecule has 0 saturated heterocycles. The molecule has 1 aromatic carbocycles. The Morgan fingerprint density at radius 3 is 2.43 bits per heavy atom. The highest BCUT2D eigenvalue weighted by molar-refractivity contribution is 14.1. The van der Waals surface area contributed by atoms with Gasteiger partial charge in [0.2, 0.25) is 5.91 Å². The fraction of sp³-hybridized carbons (Fsp3) is 0.429. The Kier molecular flexibility index (Phi) is 5.27. The van der Waals surface area contributed by atoms with E-state index in [1.165, 1.54) is 14.2 Å². The average Bonchev–Trinajstić information content (AvgIpc) is 3.28. The van der Waals surface area contributed by atoms with E-state index in [0.29, 0.717) is 17.1 Å². The molecule has 0 spiro atoms. The van der Waals surface area contributed by atoms with Crippen LogP contribution < -0.4 is 20.1 Å². The Labute approximate surface area is 136 Å². The van der Waals surface area contributed by atoms with E-state index >= 15 is 0 Å². The largest absolute Gasteiger partial charge is 0.493 e. The van der Waals surface area contributed by atoms with Gasteiger partial charge in [-0.25, -0.2) is 0 Å². The Bertz CT molecular complexity index is 558. The van der Waals surface area contributed by atoms with Crippen molar-refractivity contribution in [1.82, 2.24) is 10.6 Å². The van der Waals surface area contributed by atoms with Crippen LogP contribution in [0.4, 0.5) is 0 Å². The molecule has 2 rings (SSSR count). The van der Waals surface area contributed by atoms with Crippen LogP contribution in [0.25, 0.3) is 0 Å². The molecule has 114 valence electrons. The zero-order chi connectivity index (χ0) is 15.4. The summed E-state index contributed by atoms with van der Waals surface area (Å²) in [4.78, 5) is 23.7. The maximum absolute atomic E-state index is 12.1. The molecule has 1 aliphatic rings. The highest BCUT2D eigenvalue weighted by atomic mass is 127. The van der Waals surface area contributed by atoms with Gasteiger partial charge in [-0.05, 0) is 47.6 Å². The van der Waals surface area contributed by atoms with Gasteiger partial charge in [-0.2, -0.15) is 0 Å². The molecular formula is C14H17IN2O4. The van der Waals surface area contributed by atoms with Crippen LogP contribution in [0.3, 0.4) is 0 Å². The van der Waals surface area contributed by atoms with E-state index in [4.69, 9.17) is 9.47 Å². The van der Waals surface area contributed by atoms with Crippen LogP contribution in [0.5, 0.6) is 11.5 Å². The third-order valence-corrected chi connectivity index (χ3v) is 3.96. The Morgan fingerprint density at radius 2 is 1.86 bits per heavy atom. The molecule has 0 bridgehead atoms. The normalized spacial score (nSPS) is 13.5. The molecule has 1 saturated carbocycles. The van der Waals surface area contributed by atoms with E-state index in [1.54, 1.807) is 12.1 Å². The number of halogens is 1. The summed E-state index contributed by atoms with van der Waals surface area (Å²) in [6, 6.07) is 3.61. The number of carbonyl (C=O) groups excluding carboxylic acids is 2. The van der Waals surface area contributed by atoms with Crippen LogP contribution in [-0.4, -0.2) is 38.6 Å². The number of carbonyl (C=O) groups is 2. The molecule has 0 unspecified atom stereocenters. The molecule has 6 nitrogen and oxygen atoms in total. The first-order chi connectivity index (χ1) is 10.0. The monoisotopic (exact) mass is 404 g/mol. The lowest BCUT2D eigenvalue weighted by molar-refractivity contribution is -0.120. The highest BCUT2D eigenvalue weighted by Crippen LogP contribution is 2.31. The maximum atomic E-state index is 12.1. The van der Waals surface area contributed by atoms with Gasteiger partial charge < -0.3 is 20.1 Å². The van der Waals surface area contributed by atoms with Gasteiger partial charge in [-0.3, -0.25) is 9.59 Å². The van der Waals surface area contributed by atoms with E-state index in [9.17, 15) is 9.59 Å². The van der Waals surface area contributed by atoms with Crippen LogP contribution >= 0.6 is 22.6 Å². The van der Waals surface area contributed by atoms with Crippen molar-refractivity contribution in [3.8, 4) is 11.5 Å². The van der Waals surface area contributed by atoms with Crippen LogP contribution in [-0.2, 0) is 4.79 Å². The lowest BCUT2D eigenvalue weighted by Gasteiger charge is -2.12. The number of hydrogen-bond donors (Lipinski definition) is 2. The van der Waals surface area contributed by atoms with Crippen molar-refractivity contribution in [2.24, 2.45) is 0 Å². The van der Waals surface area contributed by atoms with Crippen molar-refractivity contribution in [3.63, 3.8) is 0 Å². The van der Waals surface area contributed by atoms with Gasteiger partial charge >= 0.3 is 0 Å². The van der Waals surface area contributed by atoms with Crippen molar-refractivity contribution >= 4 is 34.4 Å². The standard InChI is InChI=1S/C14H17IN2O4/c1-20-11-5-9(10(15)6-12(11)21-2)14(19)16-7-13(18)17-8-3-4-8/h5-6,8H,3-4,7H2,1-2H3,(H,16,19)(H,17,18). The quantitative estimate of drug-likeness (QED) is 0.702. The summed E-state index contributed by atoms with van der Waals surface area (Å²) in [5, 5.41) is 5.43. The van der Waals surface area contributed by atoms with Crippen molar-refractivity contribution in [2.75, 3.05) is 20.8 Å². The van der Waals surface area contributed by atoms with Gasteiger partial charge in [0, 0.05) is 9.61 Å². The molecule has 0 aromatic heterocycles. The summed E-state index contributed by atoms with van der Waals surface area (Å²) < 4.78 is 11.1. The topological polar surface area (TPSA) is 76.7 Å². The van der Waals surface area contributed by atoms with E-state index in [2.05, 4.69) is 10.6 Å². The summed E-state index contributed by atoms with van der Waals surface area (Å²) in [6.07, 6.45) is 2.04. The number of benzene rings is 1. The number of amides is 2. The first-order valence-electron chi connectivity index (χ1n) is 6.54. The molecule has 21 heavy (non-hydrogen) atoms. The second kappa shape index (κ2) is 6.97. The molecule has 0 aliphatic heterocycles. The van der Waals surface area contributed by atoms with Gasteiger partial charge in [0.15, 0.2) is 11.5 Å². The predicted octanol–water partition coefficient (Wildman–Crippen LogP) is 1.32. The minimum absolute atomic E-state index is 0.0280. The van der Waals surface area contributed by atoms with Crippen LogP contribution in [0.1, 0.15) is 23.2 Å². The van der Waals surface area contributed by atoms with Gasteiger partial charge in [0.1, 0.15) is 0 Å². The first-order valence-corrected chi connectivity index (χ1v) is 7.62. The average molecular weight is 404 g/mol. The molecule has 1 aliphatic carbocycles. The molecular weight excluding hydrogens is 387 g/mol. The summed E-state index contributed by atoms with van der Waals surface area (Å²) >= 11 is 2.05. The molecule has 0 radical (unpaired) electrons. The van der Waals surface area contributed by atoms with Crippen molar-refractivity contribution < 1.29 is 19.1 Å². The molecule has 0 heterocycles. The lowest BCUT2D eigenvalue weighted by Crippen LogP contribution is -2.38. The van der Waals surface area contributed by atoms with E-state index in [-0.39, 0.29) is 24.4 Å². The zero-order valence-electron chi connectivity index (χ0n) is 11.9. The number of rotatable bonds is 6. The minimum Gasteiger partial charge on any atom is -0.493 e. The Morgan fingerprint density at radius 1 is 1.24 bits per heavy atom. The van der Waals surface area contributed by atoms with Crippen LogP contribution in [0.15, 0.2) is 12.1 Å². The van der Waals surface area contributed by atoms with Gasteiger partial charge in [0.25, 0.3) is 5.91 Å². The SMILES string of the molecule is COc1cc(I)c(C(=O)NCC(=O)NC2CC2)cc1OC. The van der Waals surface area contributed by atoms with E-state index in [1.807, 2.05) is 22.6 Å². The zero-order valence-corrected chi connectivity index (χ0v) is 14.0. The second-order valence-electron chi connectivity index (χ2n) is 4.71. The molecule has 2 amide bonds. The van der Waals surface area contributed by atoms with Gasteiger partial charge in [-0.15, -0.1) is 0 Å². The van der Waals surface area contributed by atoms with E-state index < -0.39 is 0 Å². The number of methoxy groups -OCH3 is 2. The molecule has 2 N–H and O–H groups in total. The van der Waals surface area contributed by atoms with E-state index in [0.717, 1.165) is 16.4 Å². The van der Waals surface area contributed by atoms with Gasteiger partial charge in [-0.1, -0.05) is 0 Å². The number of ether oxygens (including phenoxy) is 2. The summed E-state index contributed by atoms with van der Waals surface area (Å²) in [5.74, 6) is 0.558. The lowest BCUT2D eigenvalue weighted by atomic mass is 10.2. The number of nitrogens with one attached hydrogen (secondary N) is 2. The Balaban J connectivity index is 2.02. The minimum atomic E-state index is -0.314. The van der Waals surface area contributed by atoms with Crippen LogP contribution in [0.2, 0.25) is 0 Å². The first kappa shape index (κ1) is 15.9. The molecule has 0 atom stereocenters. The molecule has 1 fully saturated rings. The van der Waals surface area contributed by atoms with Crippen molar-refractivity contribution in [3.05, 3.63) is 21.3 Å². The van der Waals surface area contributed by atoms with Crippen molar-refractivity contribution in [2.45, 2.75) is 18.9 Å². The number of hydrogen-bond acceptors (Lipinski definition) is 4. The predicted molar refractivity (Wildman–Crippen MR) is 85.8 cm³/mol. The Hall–Kier alpha value is -1.51. The third kappa shape index (κ3) is 4.23. The fourth-order valence-corrected chi connectivity index (χ4v) is 2.47. The van der Waals surface area contributed by atoms with Gasteiger partial charge in [0.05, 0.1) is 26.3 Å². The third-order valence-electron chi connectivity index (χ3n) is 3.07. The summed E-state index contributed by atoms with van der Waals surface area (Å²) in [6.45, 7) is -0.0280. The molecule has 1 aromatic rings. The van der Waals surface area contributed by atoms with Crippen molar-refractivity contribution in [1.29, 1.82) is 0 Å². The van der Waals surface area contributed by atoms with Crippen LogP contribution in [0, 0.1) is 3.57 Å². The fourth-order valence-electron chi connectivity index (χ4n) is 1.79. The maximum Gasteiger partial charge on any atom is 0.252 e. The summed E-state index contributed by atoms with van der Waals surface area (Å²) in [5.41, 5.74) is 0.451. The molecule has 7 heteroatoms. The summed E-state index contributed by atoms with van der Waals surface area (Å²) in [7, 11) is 3.05. The highest BCUT2D eigenvalue weighted by Gasteiger charge is 2.23. The second-order valence-corrected chi connectivity index (χ2v) is 5.87. The smallest absolute Gasteiger partial charge is 0.252 e.